The fourth-order valence-corrected chi connectivity index (χ4v) is 7.72. The summed E-state index contributed by atoms with van der Waals surface area (Å²) in [5, 5.41) is 3.24. The molecule has 1 N–H and O–H groups in total. The first-order valence-electron chi connectivity index (χ1n) is 13.9. The molecule has 0 spiro atoms. The third kappa shape index (κ3) is 4.16. The molecule has 4 bridgehead atoms. The molecule has 2 aromatic rings. The Morgan fingerprint density at radius 1 is 0.972 bits per heavy atom. The molecule has 2 aromatic carbocycles. The number of rotatable bonds is 8. The molecule has 5 nitrogen and oxygen atoms in total. The maximum absolute atomic E-state index is 12.9. The van der Waals surface area contributed by atoms with Gasteiger partial charge in [0.15, 0.2) is 0 Å². The van der Waals surface area contributed by atoms with Crippen LogP contribution in [0.25, 0.3) is 0 Å². The van der Waals surface area contributed by atoms with Crippen LogP contribution in [0.2, 0.25) is 0 Å². The number of hydrogen-bond donors (Lipinski definition) is 1. The standard InChI is InChI=1S/C31H39N3O2/c1-3-19-33-26-15-17-28-27(33)16-18-29(26)34(28)30(23-7-6-10-25(20-23)36-2)21-11-13-22(14-12-21)31(35)32-24-8-4-5-9-24/h3,6-7,10-14,20,24,26-30H,1,4-5,8-9,15-19H2,2H3,(H,32,35). The second-order valence-corrected chi connectivity index (χ2v) is 11.1. The van der Waals surface area contributed by atoms with E-state index in [0.717, 1.165) is 30.7 Å². The molecule has 5 atom stereocenters. The Morgan fingerprint density at radius 3 is 2.28 bits per heavy atom. The minimum absolute atomic E-state index is 0.0579. The largest absolute Gasteiger partial charge is 0.497 e. The summed E-state index contributed by atoms with van der Waals surface area (Å²) in [6.07, 6.45) is 11.8. The van der Waals surface area contributed by atoms with Gasteiger partial charge in [-0.1, -0.05) is 43.2 Å². The number of piperazine rings is 1. The number of amides is 1. The normalized spacial score (nSPS) is 28.8. The van der Waals surface area contributed by atoms with Gasteiger partial charge in [-0.15, -0.1) is 6.58 Å². The summed E-state index contributed by atoms with van der Waals surface area (Å²) in [4.78, 5) is 18.4. The van der Waals surface area contributed by atoms with Crippen LogP contribution < -0.4 is 10.1 Å². The highest BCUT2D eigenvalue weighted by molar-refractivity contribution is 5.94. The lowest BCUT2D eigenvalue weighted by atomic mass is 9.69. The van der Waals surface area contributed by atoms with Crippen LogP contribution >= 0.6 is 0 Å². The molecule has 36 heavy (non-hydrogen) atoms. The summed E-state index contributed by atoms with van der Waals surface area (Å²) in [6.45, 7) is 5.03. The molecule has 0 radical (unpaired) electrons. The van der Waals surface area contributed by atoms with Crippen molar-refractivity contribution in [1.82, 2.24) is 15.1 Å². The van der Waals surface area contributed by atoms with Crippen molar-refractivity contribution in [2.45, 2.75) is 87.6 Å². The van der Waals surface area contributed by atoms with E-state index in [1.165, 1.54) is 49.7 Å². The molecule has 0 aromatic heterocycles. The van der Waals surface area contributed by atoms with Gasteiger partial charge in [0, 0.05) is 42.3 Å². The third-order valence-corrected chi connectivity index (χ3v) is 9.25. The molecule has 8 rings (SSSR count). The summed E-state index contributed by atoms with van der Waals surface area (Å²) < 4.78 is 5.62. The molecule has 5 unspecified atom stereocenters. The molecule has 1 amide bonds. The summed E-state index contributed by atoms with van der Waals surface area (Å²) in [7, 11) is 1.74. The van der Waals surface area contributed by atoms with Gasteiger partial charge in [0.05, 0.1) is 13.2 Å². The predicted molar refractivity (Wildman–Crippen MR) is 143 cm³/mol. The van der Waals surface area contributed by atoms with Gasteiger partial charge in [-0.25, -0.2) is 0 Å². The van der Waals surface area contributed by atoms with Gasteiger partial charge in [0.1, 0.15) is 5.75 Å². The van der Waals surface area contributed by atoms with E-state index in [1.807, 2.05) is 18.2 Å². The minimum atomic E-state index is 0.0579. The average molecular weight is 486 g/mol. The smallest absolute Gasteiger partial charge is 0.251 e. The van der Waals surface area contributed by atoms with Crippen molar-refractivity contribution in [1.29, 1.82) is 0 Å². The lowest BCUT2D eigenvalue weighted by molar-refractivity contribution is -0.151. The van der Waals surface area contributed by atoms with E-state index in [0.29, 0.717) is 30.2 Å². The average Bonchev–Trinajstić information content (AvgIpc) is 3.42. The first-order chi connectivity index (χ1) is 17.7. The van der Waals surface area contributed by atoms with E-state index in [1.54, 1.807) is 7.11 Å². The zero-order valence-corrected chi connectivity index (χ0v) is 21.4. The van der Waals surface area contributed by atoms with Crippen LogP contribution in [0.4, 0.5) is 0 Å². The lowest BCUT2D eigenvalue weighted by Crippen LogP contribution is -2.75. The number of carbonyl (C=O) groups excluding carboxylic acids is 1. The second-order valence-electron chi connectivity index (χ2n) is 11.1. The Labute approximate surface area is 215 Å². The van der Waals surface area contributed by atoms with Crippen molar-refractivity contribution in [2.24, 2.45) is 0 Å². The molecule has 1 saturated carbocycles. The van der Waals surface area contributed by atoms with E-state index in [9.17, 15) is 4.79 Å². The fraction of sp³-hybridized carbons (Fsp3) is 0.516. The van der Waals surface area contributed by atoms with Crippen LogP contribution in [0.5, 0.6) is 5.75 Å². The van der Waals surface area contributed by atoms with Gasteiger partial charge in [0.2, 0.25) is 0 Å². The van der Waals surface area contributed by atoms with Crippen molar-refractivity contribution < 1.29 is 9.53 Å². The van der Waals surface area contributed by atoms with Crippen LogP contribution in [-0.2, 0) is 0 Å². The molecule has 5 heterocycles. The zero-order valence-electron chi connectivity index (χ0n) is 21.4. The van der Waals surface area contributed by atoms with Gasteiger partial charge in [0.25, 0.3) is 5.91 Å². The molecular weight excluding hydrogens is 446 g/mol. The fourth-order valence-electron chi connectivity index (χ4n) is 7.72. The molecule has 5 aliphatic heterocycles. The first kappa shape index (κ1) is 23.7. The highest BCUT2D eigenvalue weighted by atomic mass is 16.5. The number of nitrogens with one attached hydrogen (secondary N) is 1. The maximum atomic E-state index is 12.9. The molecule has 6 fully saturated rings. The summed E-state index contributed by atoms with van der Waals surface area (Å²) in [6, 6.07) is 19.7. The third-order valence-electron chi connectivity index (χ3n) is 9.25. The number of piperidine rings is 4. The number of nitrogens with zero attached hydrogens (tertiary/aromatic N) is 2. The van der Waals surface area contributed by atoms with E-state index in [-0.39, 0.29) is 11.9 Å². The van der Waals surface area contributed by atoms with E-state index < -0.39 is 0 Å². The number of benzene rings is 2. The Balaban J connectivity index is 1.33. The van der Waals surface area contributed by atoms with Gasteiger partial charge in [-0.2, -0.15) is 0 Å². The van der Waals surface area contributed by atoms with E-state index in [2.05, 4.69) is 58.1 Å². The predicted octanol–water partition coefficient (Wildman–Crippen LogP) is 5.32. The van der Waals surface area contributed by atoms with Crippen molar-refractivity contribution in [2.75, 3.05) is 13.7 Å². The van der Waals surface area contributed by atoms with Crippen molar-refractivity contribution in [3.8, 4) is 5.75 Å². The monoisotopic (exact) mass is 485 g/mol. The first-order valence-corrected chi connectivity index (χ1v) is 13.9. The zero-order chi connectivity index (χ0) is 24.6. The Hall–Kier alpha value is -2.63. The van der Waals surface area contributed by atoms with E-state index >= 15 is 0 Å². The minimum Gasteiger partial charge on any atom is -0.497 e. The van der Waals surface area contributed by atoms with Crippen LogP contribution in [0.1, 0.15) is 78.9 Å². The summed E-state index contributed by atoms with van der Waals surface area (Å²) >= 11 is 0. The molecule has 5 heteroatoms. The van der Waals surface area contributed by atoms with Crippen LogP contribution in [0.15, 0.2) is 61.2 Å². The second kappa shape index (κ2) is 10.0. The number of methoxy groups -OCH3 is 1. The van der Waals surface area contributed by atoms with Gasteiger partial charge >= 0.3 is 0 Å². The Bertz CT molecular complexity index is 1070. The molecule has 1 aliphatic carbocycles. The molecule has 5 saturated heterocycles. The summed E-state index contributed by atoms with van der Waals surface area (Å²) in [5.74, 6) is 0.952. The number of ether oxygens (including phenoxy) is 1. The van der Waals surface area contributed by atoms with Gasteiger partial charge in [-0.05, 0) is 73.9 Å². The van der Waals surface area contributed by atoms with Crippen molar-refractivity contribution in [3.63, 3.8) is 0 Å². The lowest BCUT2D eigenvalue weighted by Gasteiger charge is -2.66. The molecule has 6 aliphatic rings. The quantitative estimate of drug-likeness (QED) is 0.514. The van der Waals surface area contributed by atoms with Crippen LogP contribution in [0, 0.1) is 0 Å². The maximum Gasteiger partial charge on any atom is 0.251 e. The number of fused-ring (bicyclic) bond motifs is 2. The van der Waals surface area contributed by atoms with Crippen LogP contribution in [0.3, 0.4) is 0 Å². The van der Waals surface area contributed by atoms with Crippen LogP contribution in [-0.4, -0.2) is 59.6 Å². The Morgan fingerprint density at radius 2 is 1.64 bits per heavy atom. The van der Waals surface area contributed by atoms with Gasteiger partial charge in [-0.3, -0.25) is 14.6 Å². The number of hydrogen-bond acceptors (Lipinski definition) is 4. The molecule has 190 valence electrons. The van der Waals surface area contributed by atoms with Gasteiger partial charge < -0.3 is 10.1 Å². The van der Waals surface area contributed by atoms with Crippen molar-refractivity contribution >= 4 is 5.91 Å². The highest BCUT2D eigenvalue weighted by Crippen LogP contribution is 2.50. The Kier molecular flexibility index (Phi) is 6.61. The highest BCUT2D eigenvalue weighted by Gasteiger charge is 2.56. The summed E-state index contributed by atoms with van der Waals surface area (Å²) in [5.41, 5.74) is 3.29. The number of carbonyl (C=O) groups is 1. The van der Waals surface area contributed by atoms with Crippen molar-refractivity contribution in [3.05, 3.63) is 77.9 Å². The molecular formula is C31H39N3O2. The van der Waals surface area contributed by atoms with E-state index in [4.69, 9.17) is 4.74 Å². The SMILES string of the molecule is C=CCN1C2CCC3C1CCC2N3C(c1ccc(C(=O)NC2CCCC2)cc1)c1cccc(OC)c1. The topological polar surface area (TPSA) is 44.8 Å².